The molecule has 150 valence electrons. The third-order valence-corrected chi connectivity index (χ3v) is 3.59. The third-order valence-electron chi connectivity index (χ3n) is 3.59. The predicted molar refractivity (Wildman–Crippen MR) is 99.6 cm³/mol. The molecule has 2 rings (SSSR count). The van der Waals surface area contributed by atoms with Crippen LogP contribution in [0.2, 0.25) is 0 Å². The number of rotatable bonds is 6. The van der Waals surface area contributed by atoms with E-state index in [4.69, 9.17) is 5.26 Å². The highest BCUT2D eigenvalue weighted by Gasteiger charge is 2.30. The molecular formula is C20H16F3N3O3. The zero-order valence-electron chi connectivity index (χ0n) is 15.2. The second-order valence-corrected chi connectivity index (χ2v) is 5.88. The molecule has 0 aliphatic rings. The van der Waals surface area contributed by atoms with Gasteiger partial charge in [0.1, 0.15) is 5.75 Å². The summed E-state index contributed by atoms with van der Waals surface area (Å²) in [6, 6.07) is 13.2. The SMILES string of the molecule is CN(CC(=O)Nc1ccc(OC(F)(F)F)cc1)C(=O)/C=C/c1ccc(C#N)cc1. The lowest BCUT2D eigenvalue weighted by molar-refractivity contribution is -0.274. The van der Waals surface area contributed by atoms with Crippen molar-refractivity contribution in [2.45, 2.75) is 6.36 Å². The maximum absolute atomic E-state index is 12.1. The summed E-state index contributed by atoms with van der Waals surface area (Å²) in [7, 11) is 1.44. The summed E-state index contributed by atoms with van der Waals surface area (Å²) in [6.07, 6.45) is -1.95. The molecule has 0 saturated heterocycles. The first-order valence-electron chi connectivity index (χ1n) is 8.25. The van der Waals surface area contributed by atoms with Crippen LogP contribution in [0.1, 0.15) is 11.1 Å². The molecule has 0 fully saturated rings. The van der Waals surface area contributed by atoms with E-state index >= 15 is 0 Å². The Labute approximate surface area is 164 Å². The number of nitrogens with zero attached hydrogens (tertiary/aromatic N) is 2. The van der Waals surface area contributed by atoms with E-state index in [-0.39, 0.29) is 12.2 Å². The highest BCUT2D eigenvalue weighted by atomic mass is 19.4. The molecule has 2 aromatic carbocycles. The number of ether oxygens (including phenoxy) is 1. The molecule has 0 heterocycles. The minimum absolute atomic E-state index is 0.253. The molecule has 0 spiro atoms. The van der Waals surface area contributed by atoms with Crippen LogP contribution < -0.4 is 10.1 Å². The molecule has 0 radical (unpaired) electrons. The van der Waals surface area contributed by atoms with Gasteiger partial charge < -0.3 is 15.0 Å². The van der Waals surface area contributed by atoms with E-state index in [2.05, 4.69) is 10.1 Å². The van der Waals surface area contributed by atoms with Crippen LogP contribution in [0.5, 0.6) is 5.75 Å². The van der Waals surface area contributed by atoms with E-state index in [0.29, 0.717) is 5.56 Å². The monoisotopic (exact) mass is 403 g/mol. The summed E-state index contributed by atoms with van der Waals surface area (Å²) in [5.41, 5.74) is 1.48. The Morgan fingerprint density at radius 1 is 1.14 bits per heavy atom. The van der Waals surface area contributed by atoms with Crippen LogP contribution in [-0.2, 0) is 9.59 Å². The van der Waals surface area contributed by atoms with E-state index in [1.165, 1.54) is 30.2 Å². The second kappa shape index (κ2) is 9.41. The molecule has 0 aliphatic heterocycles. The maximum atomic E-state index is 12.1. The summed E-state index contributed by atoms with van der Waals surface area (Å²) >= 11 is 0. The van der Waals surface area contributed by atoms with Gasteiger partial charge in [-0.15, -0.1) is 13.2 Å². The van der Waals surface area contributed by atoms with Crippen LogP contribution in [0, 0.1) is 11.3 Å². The van der Waals surface area contributed by atoms with Crippen LogP contribution in [0.3, 0.4) is 0 Å². The molecule has 6 nitrogen and oxygen atoms in total. The Kier molecular flexibility index (Phi) is 6.98. The number of alkyl halides is 3. The van der Waals surface area contributed by atoms with E-state index in [1.807, 2.05) is 6.07 Å². The molecule has 1 N–H and O–H groups in total. The standard InChI is InChI=1S/C20H16F3N3O3/c1-26(19(28)11-6-14-2-4-15(12-24)5-3-14)13-18(27)25-16-7-9-17(10-8-16)29-20(21,22)23/h2-11H,13H2,1H3,(H,25,27)/b11-6+. The topological polar surface area (TPSA) is 82.4 Å². The number of carbonyl (C=O) groups excluding carboxylic acids is 2. The van der Waals surface area contributed by atoms with Gasteiger partial charge in [-0.3, -0.25) is 9.59 Å². The van der Waals surface area contributed by atoms with E-state index in [0.717, 1.165) is 17.7 Å². The van der Waals surface area contributed by atoms with Gasteiger partial charge in [-0.05, 0) is 48.0 Å². The van der Waals surface area contributed by atoms with Gasteiger partial charge in [-0.1, -0.05) is 12.1 Å². The van der Waals surface area contributed by atoms with Crippen molar-refractivity contribution in [3.05, 3.63) is 65.7 Å². The largest absolute Gasteiger partial charge is 0.573 e. The highest BCUT2D eigenvalue weighted by Crippen LogP contribution is 2.23. The molecule has 2 aromatic rings. The Hall–Kier alpha value is -3.80. The van der Waals surface area contributed by atoms with E-state index in [1.54, 1.807) is 30.3 Å². The lowest BCUT2D eigenvalue weighted by Gasteiger charge is -2.15. The Bertz CT molecular complexity index is 931. The van der Waals surface area contributed by atoms with Crippen LogP contribution in [0.25, 0.3) is 6.08 Å². The van der Waals surface area contributed by atoms with Gasteiger partial charge >= 0.3 is 6.36 Å². The van der Waals surface area contributed by atoms with Crippen molar-refractivity contribution in [2.24, 2.45) is 0 Å². The normalized spacial score (nSPS) is 11.0. The van der Waals surface area contributed by atoms with Gasteiger partial charge in [0.15, 0.2) is 0 Å². The van der Waals surface area contributed by atoms with Gasteiger partial charge in [0, 0.05) is 18.8 Å². The summed E-state index contributed by atoms with van der Waals surface area (Å²) in [5.74, 6) is -1.34. The van der Waals surface area contributed by atoms with Crippen molar-refractivity contribution in [3.8, 4) is 11.8 Å². The summed E-state index contributed by atoms with van der Waals surface area (Å²) in [4.78, 5) is 25.3. The number of nitriles is 1. The number of amides is 2. The molecule has 29 heavy (non-hydrogen) atoms. The first-order valence-corrected chi connectivity index (χ1v) is 8.25. The smallest absolute Gasteiger partial charge is 0.406 e. The fourth-order valence-corrected chi connectivity index (χ4v) is 2.20. The van der Waals surface area contributed by atoms with Crippen LogP contribution in [0.4, 0.5) is 18.9 Å². The quantitative estimate of drug-likeness (QED) is 0.748. The van der Waals surface area contributed by atoms with Gasteiger partial charge in [0.25, 0.3) is 0 Å². The Morgan fingerprint density at radius 2 is 1.76 bits per heavy atom. The number of benzene rings is 2. The number of hydrogen-bond acceptors (Lipinski definition) is 4. The molecular weight excluding hydrogens is 387 g/mol. The first kappa shape index (κ1) is 21.5. The minimum atomic E-state index is -4.79. The molecule has 0 atom stereocenters. The molecule has 0 unspecified atom stereocenters. The van der Waals surface area contributed by atoms with E-state index < -0.39 is 23.9 Å². The van der Waals surface area contributed by atoms with E-state index in [9.17, 15) is 22.8 Å². The van der Waals surface area contributed by atoms with Crippen LogP contribution in [-0.4, -0.2) is 36.7 Å². The Balaban J connectivity index is 1.86. The number of halogens is 3. The molecule has 9 heteroatoms. The molecule has 0 aromatic heterocycles. The molecule has 0 bridgehead atoms. The number of nitrogens with one attached hydrogen (secondary N) is 1. The zero-order chi connectivity index (χ0) is 21.4. The minimum Gasteiger partial charge on any atom is -0.406 e. The zero-order valence-corrected chi connectivity index (χ0v) is 15.2. The molecule has 0 aliphatic carbocycles. The van der Waals surface area contributed by atoms with Gasteiger partial charge in [0.05, 0.1) is 18.2 Å². The lowest BCUT2D eigenvalue weighted by Crippen LogP contribution is -2.33. The Morgan fingerprint density at radius 3 is 2.31 bits per heavy atom. The van der Waals surface area contributed by atoms with Crippen molar-refractivity contribution in [1.82, 2.24) is 4.90 Å². The number of hydrogen-bond donors (Lipinski definition) is 1. The molecule has 2 amide bonds. The number of anilines is 1. The maximum Gasteiger partial charge on any atom is 0.573 e. The van der Waals surface area contributed by atoms with Crippen molar-refractivity contribution in [3.63, 3.8) is 0 Å². The average Bonchev–Trinajstić information content (AvgIpc) is 2.66. The average molecular weight is 403 g/mol. The lowest BCUT2D eigenvalue weighted by atomic mass is 10.1. The van der Waals surface area contributed by atoms with Crippen LogP contribution in [0.15, 0.2) is 54.6 Å². The van der Waals surface area contributed by atoms with Crippen molar-refractivity contribution < 1.29 is 27.5 Å². The summed E-state index contributed by atoms with van der Waals surface area (Å²) < 4.78 is 40.1. The number of carbonyl (C=O) groups is 2. The van der Waals surface area contributed by atoms with Crippen molar-refractivity contribution in [2.75, 3.05) is 18.9 Å². The molecule has 0 saturated carbocycles. The fraction of sp³-hybridized carbons (Fsp3) is 0.150. The first-order chi connectivity index (χ1) is 13.7. The fourth-order valence-electron chi connectivity index (χ4n) is 2.20. The van der Waals surface area contributed by atoms with Crippen LogP contribution >= 0.6 is 0 Å². The van der Waals surface area contributed by atoms with Gasteiger partial charge in [0.2, 0.25) is 11.8 Å². The highest BCUT2D eigenvalue weighted by molar-refractivity contribution is 5.97. The van der Waals surface area contributed by atoms with Crippen molar-refractivity contribution in [1.29, 1.82) is 5.26 Å². The van der Waals surface area contributed by atoms with Crippen molar-refractivity contribution >= 4 is 23.6 Å². The third kappa shape index (κ3) is 7.38. The van der Waals surface area contributed by atoms with Gasteiger partial charge in [-0.25, -0.2) is 0 Å². The summed E-state index contributed by atoms with van der Waals surface area (Å²) in [6.45, 7) is -0.253. The summed E-state index contributed by atoms with van der Waals surface area (Å²) in [5, 5.41) is 11.2. The number of likely N-dealkylation sites (N-methyl/N-ethyl adjacent to an activating group) is 1. The second-order valence-electron chi connectivity index (χ2n) is 5.88. The van der Waals surface area contributed by atoms with Gasteiger partial charge in [-0.2, -0.15) is 5.26 Å². The predicted octanol–water partition coefficient (Wildman–Crippen LogP) is 3.57.